The van der Waals surface area contributed by atoms with Crippen LogP contribution in [0.15, 0.2) is 53.5 Å². The zero-order valence-electron chi connectivity index (χ0n) is 18.6. The zero-order chi connectivity index (χ0) is 21.7. The topological polar surface area (TPSA) is 67.4 Å². The first-order valence-electron chi connectivity index (χ1n) is 10.9. The third kappa shape index (κ3) is 7.77. The minimum absolute atomic E-state index is 0.571. The first-order valence-corrected chi connectivity index (χ1v) is 10.9. The minimum atomic E-state index is 0.571. The van der Waals surface area contributed by atoms with Crippen molar-refractivity contribution in [3.63, 3.8) is 0 Å². The molecule has 1 aliphatic heterocycles. The van der Waals surface area contributed by atoms with E-state index in [-0.39, 0.29) is 0 Å². The lowest BCUT2D eigenvalue weighted by molar-refractivity contribution is 0.0322. The largest absolute Gasteiger partial charge is 0.496 e. The van der Waals surface area contributed by atoms with Crippen LogP contribution in [-0.2, 0) is 17.8 Å². The molecule has 7 heteroatoms. The van der Waals surface area contributed by atoms with Crippen molar-refractivity contribution in [2.75, 3.05) is 53.1 Å². The Balaban J connectivity index is 1.52. The summed E-state index contributed by atoms with van der Waals surface area (Å²) in [6.07, 6.45) is 0. The van der Waals surface area contributed by atoms with Crippen LogP contribution in [0, 0.1) is 0 Å². The van der Waals surface area contributed by atoms with E-state index in [0.29, 0.717) is 19.7 Å². The number of benzene rings is 2. The van der Waals surface area contributed by atoms with E-state index in [2.05, 4.69) is 34.6 Å². The number of nitrogens with zero attached hydrogens (tertiary/aromatic N) is 2. The van der Waals surface area contributed by atoms with E-state index >= 15 is 0 Å². The first-order chi connectivity index (χ1) is 15.3. The second-order valence-electron chi connectivity index (χ2n) is 7.31. The van der Waals surface area contributed by atoms with Crippen LogP contribution < -0.4 is 20.1 Å². The number of aliphatic imine (C=N–C) groups is 1. The Morgan fingerprint density at radius 2 is 1.94 bits per heavy atom. The highest BCUT2D eigenvalue weighted by Crippen LogP contribution is 2.17. The third-order valence-corrected chi connectivity index (χ3v) is 5.08. The van der Waals surface area contributed by atoms with Gasteiger partial charge in [-0.25, -0.2) is 4.99 Å². The number of ether oxygens (including phenoxy) is 3. The molecule has 1 saturated heterocycles. The van der Waals surface area contributed by atoms with Crippen molar-refractivity contribution in [1.29, 1.82) is 0 Å². The highest BCUT2D eigenvalue weighted by atomic mass is 16.5. The number of para-hydroxylation sites is 1. The number of hydrogen-bond acceptors (Lipinski definition) is 5. The van der Waals surface area contributed by atoms with Gasteiger partial charge in [0.25, 0.3) is 0 Å². The lowest BCUT2D eigenvalue weighted by Crippen LogP contribution is -2.38. The molecule has 31 heavy (non-hydrogen) atoms. The molecule has 0 atom stereocenters. The molecule has 2 N–H and O–H groups in total. The Hall–Kier alpha value is -2.77. The van der Waals surface area contributed by atoms with E-state index < -0.39 is 0 Å². The summed E-state index contributed by atoms with van der Waals surface area (Å²) in [5.74, 6) is 2.52. The van der Waals surface area contributed by atoms with Crippen molar-refractivity contribution in [3.05, 3.63) is 59.7 Å². The molecule has 168 valence electrons. The van der Waals surface area contributed by atoms with Gasteiger partial charge in [0.1, 0.15) is 18.1 Å². The van der Waals surface area contributed by atoms with Gasteiger partial charge in [-0.15, -0.1) is 0 Å². The maximum Gasteiger partial charge on any atom is 0.191 e. The van der Waals surface area contributed by atoms with E-state index in [9.17, 15) is 0 Å². The highest BCUT2D eigenvalue weighted by Gasteiger charge is 2.10. The number of nitrogens with one attached hydrogen (secondary N) is 2. The van der Waals surface area contributed by atoms with Crippen molar-refractivity contribution in [3.8, 4) is 11.5 Å². The van der Waals surface area contributed by atoms with Gasteiger partial charge in [-0.2, -0.15) is 0 Å². The quantitative estimate of drug-likeness (QED) is 0.450. The first kappa shape index (κ1) is 22.9. The monoisotopic (exact) mass is 426 g/mol. The Kier molecular flexibility index (Phi) is 9.47. The summed E-state index contributed by atoms with van der Waals surface area (Å²) >= 11 is 0. The molecule has 2 aromatic carbocycles. The molecular formula is C24H34N4O3. The van der Waals surface area contributed by atoms with E-state index in [0.717, 1.165) is 68.0 Å². The van der Waals surface area contributed by atoms with Gasteiger partial charge in [0.05, 0.1) is 26.9 Å². The molecule has 0 saturated carbocycles. The summed E-state index contributed by atoms with van der Waals surface area (Å²) in [5, 5.41) is 6.68. The number of morpholine rings is 1. The maximum absolute atomic E-state index is 5.96. The molecule has 1 aliphatic rings. The van der Waals surface area contributed by atoms with Crippen LogP contribution in [0.3, 0.4) is 0 Å². The Bertz CT molecular complexity index is 822. The molecule has 0 bridgehead atoms. The SMILES string of the molecule is CCNC(=NCc1cccc(OCCN2CCOCC2)c1)NCc1ccccc1OC. The Morgan fingerprint density at radius 1 is 1.10 bits per heavy atom. The highest BCUT2D eigenvalue weighted by molar-refractivity contribution is 5.79. The number of methoxy groups -OCH3 is 1. The minimum Gasteiger partial charge on any atom is -0.496 e. The molecule has 2 aromatic rings. The normalized spacial score (nSPS) is 14.8. The molecule has 0 amide bonds. The molecular weight excluding hydrogens is 392 g/mol. The second kappa shape index (κ2) is 12.8. The summed E-state index contributed by atoms with van der Waals surface area (Å²) in [4.78, 5) is 7.09. The summed E-state index contributed by atoms with van der Waals surface area (Å²) in [6, 6.07) is 16.1. The van der Waals surface area contributed by atoms with Gasteiger partial charge >= 0.3 is 0 Å². The average molecular weight is 427 g/mol. The average Bonchev–Trinajstić information content (AvgIpc) is 2.82. The van der Waals surface area contributed by atoms with Crippen molar-refractivity contribution in [2.24, 2.45) is 4.99 Å². The predicted molar refractivity (Wildman–Crippen MR) is 124 cm³/mol. The van der Waals surface area contributed by atoms with Crippen molar-refractivity contribution in [2.45, 2.75) is 20.0 Å². The van der Waals surface area contributed by atoms with Gasteiger partial charge in [0.2, 0.25) is 0 Å². The van der Waals surface area contributed by atoms with Crippen LogP contribution in [0.25, 0.3) is 0 Å². The van der Waals surface area contributed by atoms with E-state index in [1.165, 1.54) is 0 Å². The fourth-order valence-electron chi connectivity index (χ4n) is 3.39. The lowest BCUT2D eigenvalue weighted by Gasteiger charge is -2.26. The number of guanidine groups is 1. The summed E-state index contributed by atoms with van der Waals surface area (Å²) in [5.41, 5.74) is 2.20. The Morgan fingerprint density at radius 3 is 2.74 bits per heavy atom. The molecule has 1 fully saturated rings. The third-order valence-electron chi connectivity index (χ3n) is 5.08. The van der Waals surface area contributed by atoms with Crippen LogP contribution in [-0.4, -0.2) is 64.0 Å². The fraction of sp³-hybridized carbons (Fsp3) is 0.458. The van der Waals surface area contributed by atoms with Crippen molar-refractivity contribution < 1.29 is 14.2 Å². The van der Waals surface area contributed by atoms with Crippen LogP contribution in [0.5, 0.6) is 11.5 Å². The van der Waals surface area contributed by atoms with Gasteiger partial charge in [0, 0.05) is 38.3 Å². The van der Waals surface area contributed by atoms with Crippen molar-refractivity contribution >= 4 is 5.96 Å². The van der Waals surface area contributed by atoms with E-state index in [1.807, 2.05) is 36.4 Å². The molecule has 0 spiro atoms. The molecule has 3 rings (SSSR count). The summed E-state index contributed by atoms with van der Waals surface area (Å²) in [6.45, 7) is 9.24. The van der Waals surface area contributed by atoms with Crippen molar-refractivity contribution in [1.82, 2.24) is 15.5 Å². The molecule has 0 unspecified atom stereocenters. The van der Waals surface area contributed by atoms with E-state index in [1.54, 1.807) is 7.11 Å². The molecule has 0 aromatic heterocycles. The summed E-state index contributed by atoms with van der Waals surface area (Å²) in [7, 11) is 1.69. The molecule has 0 aliphatic carbocycles. The summed E-state index contributed by atoms with van der Waals surface area (Å²) < 4.78 is 16.8. The molecule has 0 radical (unpaired) electrons. The second-order valence-corrected chi connectivity index (χ2v) is 7.31. The van der Waals surface area contributed by atoms with Crippen LogP contribution in [0.2, 0.25) is 0 Å². The smallest absolute Gasteiger partial charge is 0.191 e. The molecule has 1 heterocycles. The Labute approximate surface area is 185 Å². The van der Waals surface area contributed by atoms with Gasteiger partial charge < -0.3 is 24.8 Å². The number of rotatable bonds is 10. The van der Waals surface area contributed by atoms with Gasteiger partial charge in [-0.1, -0.05) is 30.3 Å². The predicted octanol–water partition coefficient (Wildman–Crippen LogP) is 2.66. The number of hydrogen-bond donors (Lipinski definition) is 2. The van der Waals surface area contributed by atoms with Crippen LogP contribution in [0.4, 0.5) is 0 Å². The van der Waals surface area contributed by atoms with Crippen LogP contribution >= 0.6 is 0 Å². The van der Waals surface area contributed by atoms with Gasteiger partial charge in [-0.3, -0.25) is 4.90 Å². The van der Waals surface area contributed by atoms with E-state index in [4.69, 9.17) is 19.2 Å². The standard InChI is InChI=1S/C24H34N4O3/c1-3-25-24(27-19-21-8-4-5-10-23(21)29-2)26-18-20-7-6-9-22(17-20)31-16-13-28-11-14-30-15-12-28/h4-10,17H,3,11-16,18-19H2,1-2H3,(H2,25,26,27). The lowest BCUT2D eigenvalue weighted by atomic mass is 10.2. The molecule has 7 nitrogen and oxygen atoms in total. The zero-order valence-corrected chi connectivity index (χ0v) is 18.6. The van der Waals surface area contributed by atoms with Crippen LogP contribution in [0.1, 0.15) is 18.1 Å². The van der Waals surface area contributed by atoms with Gasteiger partial charge in [0.15, 0.2) is 5.96 Å². The fourth-order valence-corrected chi connectivity index (χ4v) is 3.39. The maximum atomic E-state index is 5.96. The van der Waals surface area contributed by atoms with Gasteiger partial charge in [-0.05, 0) is 30.7 Å².